The van der Waals surface area contributed by atoms with Gasteiger partial charge in [-0.05, 0) is 25.1 Å². The summed E-state index contributed by atoms with van der Waals surface area (Å²) in [6.07, 6.45) is 3.57. The molecular weight excluding hydrogens is 254 g/mol. The number of hydrazone groups is 1. The largest absolute Gasteiger partial charge is 0.382 e. The lowest BCUT2D eigenvalue weighted by molar-refractivity contribution is 0.975. The zero-order valence-corrected chi connectivity index (χ0v) is 10.8. The van der Waals surface area contributed by atoms with Crippen LogP contribution in [0.5, 0.6) is 0 Å². The lowest BCUT2D eigenvalue weighted by atomic mass is 10.3. The van der Waals surface area contributed by atoms with Crippen LogP contribution in [0, 0.1) is 23.7 Å². The second-order valence-electron chi connectivity index (χ2n) is 3.99. The molecule has 0 bridgehead atoms. The number of anilines is 1. The van der Waals surface area contributed by atoms with Crippen molar-refractivity contribution >= 4 is 17.2 Å². The summed E-state index contributed by atoms with van der Waals surface area (Å²) in [7, 11) is 0. The number of nitrogens with two attached hydrogens (primary N) is 1. The smallest absolute Gasteiger partial charge is 0.201 e. The average Bonchev–Trinajstić information content (AvgIpc) is 2.86. The fraction of sp³-hybridized carbons (Fsp3) is 0.0769. The number of aryl methyl sites for hydroxylation is 1. The van der Waals surface area contributed by atoms with E-state index < -0.39 is 0 Å². The molecule has 1 heterocycles. The van der Waals surface area contributed by atoms with E-state index in [-0.39, 0.29) is 11.5 Å². The molecule has 0 aliphatic rings. The van der Waals surface area contributed by atoms with Crippen LogP contribution in [0.4, 0.5) is 5.69 Å². The predicted molar refractivity (Wildman–Crippen MR) is 76.9 cm³/mol. The Morgan fingerprint density at radius 2 is 2.35 bits per heavy atom. The van der Waals surface area contributed by atoms with Gasteiger partial charge >= 0.3 is 0 Å². The molecule has 0 spiro atoms. The van der Waals surface area contributed by atoms with Gasteiger partial charge < -0.3 is 10.3 Å². The van der Waals surface area contributed by atoms with E-state index in [1.54, 1.807) is 18.3 Å². The molecule has 20 heavy (non-hydrogen) atoms. The molecule has 0 unspecified atom stereocenters. The van der Waals surface area contributed by atoms with Gasteiger partial charge in [-0.1, -0.05) is 6.07 Å². The highest BCUT2D eigenvalue weighted by Crippen LogP contribution is 2.16. The first-order valence-electron chi connectivity index (χ1n) is 5.80. The zero-order valence-electron chi connectivity index (χ0n) is 10.8. The Hall–Kier alpha value is -3.14. The second-order valence-corrected chi connectivity index (χ2v) is 3.99. The van der Waals surface area contributed by atoms with E-state index in [4.69, 9.17) is 16.4 Å². The lowest BCUT2D eigenvalue weighted by Crippen LogP contribution is -2.21. The Morgan fingerprint density at radius 1 is 1.55 bits per heavy atom. The third-order valence-electron chi connectivity index (χ3n) is 2.61. The number of hydrogen-bond acceptors (Lipinski definition) is 5. The molecule has 100 valence electrons. The standard InChI is InChI=1S/C13H13N7/c1-9-17-5-6-20(9)11-4-2-3-10(7-11)18-19-12(8-14)13(15)16/h2-7,18H,1H3,(H3,15,16)/b19-12+. The molecule has 7 nitrogen and oxygen atoms in total. The van der Waals surface area contributed by atoms with Gasteiger partial charge in [0.15, 0.2) is 5.84 Å². The van der Waals surface area contributed by atoms with Crippen LogP contribution in [0.3, 0.4) is 0 Å². The van der Waals surface area contributed by atoms with Crippen molar-refractivity contribution in [3.05, 3.63) is 42.5 Å². The summed E-state index contributed by atoms with van der Waals surface area (Å²) in [5.74, 6) is 0.494. The van der Waals surface area contributed by atoms with Crippen molar-refractivity contribution in [1.29, 1.82) is 10.7 Å². The van der Waals surface area contributed by atoms with Gasteiger partial charge in [0, 0.05) is 18.1 Å². The van der Waals surface area contributed by atoms with Gasteiger partial charge in [-0.25, -0.2) is 4.98 Å². The first-order chi connectivity index (χ1) is 9.61. The van der Waals surface area contributed by atoms with Gasteiger partial charge in [-0.15, -0.1) is 0 Å². The van der Waals surface area contributed by atoms with Crippen molar-refractivity contribution in [3.8, 4) is 11.8 Å². The SMILES string of the molecule is Cc1nccn1-c1cccc(N/N=C(\C#N)C(=N)N)c1. The Morgan fingerprint density at radius 3 is 2.95 bits per heavy atom. The van der Waals surface area contributed by atoms with Crippen molar-refractivity contribution in [2.45, 2.75) is 6.92 Å². The first-order valence-corrected chi connectivity index (χ1v) is 5.80. The molecule has 0 aliphatic heterocycles. The first kappa shape index (κ1) is 13.3. The Balaban J connectivity index is 2.26. The number of hydrogen-bond donors (Lipinski definition) is 3. The maximum atomic E-state index is 8.76. The van der Waals surface area contributed by atoms with Gasteiger partial charge in [0.25, 0.3) is 0 Å². The van der Waals surface area contributed by atoms with Gasteiger partial charge in [-0.2, -0.15) is 10.4 Å². The molecule has 2 rings (SSSR count). The summed E-state index contributed by atoms with van der Waals surface area (Å²) in [4.78, 5) is 4.16. The lowest BCUT2D eigenvalue weighted by Gasteiger charge is -2.07. The number of amidine groups is 1. The van der Waals surface area contributed by atoms with Crippen LogP contribution in [0.2, 0.25) is 0 Å². The highest BCUT2D eigenvalue weighted by Gasteiger charge is 2.03. The van der Waals surface area contributed by atoms with E-state index in [1.807, 2.05) is 35.9 Å². The Bertz CT molecular complexity index is 706. The summed E-state index contributed by atoms with van der Waals surface area (Å²) in [6, 6.07) is 9.18. The number of rotatable bonds is 4. The predicted octanol–water partition coefficient (Wildman–Crippen LogP) is 1.41. The summed E-state index contributed by atoms with van der Waals surface area (Å²) in [6.45, 7) is 1.90. The van der Waals surface area contributed by atoms with Gasteiger partial charge in [0.2, 0.25) is 5.71 Å². The molecule has 0 fully saturated rings. The number of nitrogens with one attached hydrogen (secondary N) is 2. The van der Waals surface area contributed by atoms with E-state index in [9.17, 15) is 0 Å². The maximum absolute atomic E-state index is 8.76. The highest BCUT2D eigenvalue weighted by atomic mass is 15.3. The number of imidazole rings is 1. The summed E-state index contributed by atoms with van der Waals surface area (Å²) in [5.41, 5.74) is 9.37. The van der Waals surface area contributed by atoms with E-state index >= 15 is 0 Å². The molecule has 1 aromatic heterocycles. The van der Waals surface area contributed by atoms with Crippen LogP contribution >= 0.6 is 0 Å². The summed E-state index contributed by atoms with van der Waals surface area (Å²) < 4.78 is 1.92. The fourth-order valence-electron chi connectivity index (χ4n) is 1.64. The quantitative estimate of drug-likeness (QED) is 0.441. The van der Waals surface area contributed by atoms with Gasteiger partial charge in [0.05, 0.1) is 5.69 Å². The fourth-order valence-corrected chi connectivity index (χ4v) is 1.64. The molecule has 7 heteroatoms. The molecule has 1 aromatic carbocycles. The van der Waals surface area contributed by atoms with Crippen LogP contribution in [-0.4, -0.2) is 21.1 Å². The van der Waals surface area contributed by atoms with E-state index in [0.29, 0.717) is 5.69 Å². The summed E-state index contributed by atoms with van der Waals surface area (Å²) >= 11 is 0. The summed E-state index contributed by atoms with van der Waals surface area (Å²) in [5, 5.41) is 19.7. The molecule has 0 saturated carbocycles. The molecule has 0 aliphatic carbocycles. The highest BCUT2D eigenvalue weighted by molar-refractivity contribution is 6.45. The number of aromatic nitrogens is 2. The average molecular weight is 267 g/mol. The van der Waals surface area contributed by atoms with Crippen molar-refractivity contribution in [2.24, 2.45) is 10.8 Å². The van der Waals surface area contributed by atoms with Crippen LogP contribution in [0.25, 0.3) is 5.69 Å². The molecule has 0 radical (unpaired) electrons. The molecule has 0 atom stereocenters. The normalized spacial score (nSPS) is 10.9. The minimum Gasteiger partial charge on any atom is -0.382 e. The monoisotopic (exact) mass is 267 g/mol. The van der Waals surface area contributed by atoms with E-state index in [1.165, 1.54) is 0 Å². The molecule has 0 amide bonds. The topological polar surface area (TPSA) is 116 Å². The van der Waals surface area contributed by atoms with Crippen molar-refractivity contribution in [2.75, 3.05) is 5.43 Å². The Labute approximate surface area is 115 Å². The van der Waals surface area contributed by atoms with Crippen LogP contribution in [-0.2, 0) is 0 Å². The van der Waals surface area contributed by atoms with Crippen molar-refractivity contribution in [3.63, 3.8) is 0 Å². The van der Waals surface area contributed by atoms with E-state index in [2.05, 4.69) is 15.5 Å². The second kappa shape index (κ2) is 5.67. The maximum Gasteiger partial charge on any atom is 0.201 e. The van der Waals surface area contributed by atoms with Crippen molar-refractivity contribution in [1.82, 2.24) is 9.55 Å². The third-order valence-corrected chi connectivity index (χ3v) is 2.61. The minimum atomic E-state index is -0.374. The van der Waals surface area contributed by atoms with Crippen LogP contribution < -0.4 is 11.2 Å². The minimum absolute atomic E-state index is 0.158. The third kappa shape index (κ3) is 2.81. The zero-order chi connectivity index (χ0) is 14.5. The molecular formula is C13H13N7. The van der Waals surface area contributed by atoms with Gasteiger partial charge in [0.1, 0.15) is 11.9 Å². The number of nitriles is 1. The van der Waals surface area contributed by atoms with Crippen LogP contribution in [0.15, 0.2) is 41.8 Å². The number of benzene rings is 1. The van der Waals surface area contributed by atoms with Crippen LogP contribution in [0.1, 0.15) is 5.82 Å². The Kier molecular flexibility index (Phi) is 3.77. The molecule has 4 N–H and O–H groups in total. The van der Waals surface area contributed by atoms with Crippen molar-refractivity contribution < 1.29 is 0 Å². The molecule has 0 saturated heterocycles. The number of nitrogens with zero attached hydrogens (tertiary/aromatic N) is 4. The van der Waals surface area contributed by atoms with Gasteiger partial charge in [-0.3, -0.25) is 10.8 Å². The molecule has 2 aromatic rings. The van der Waals surface area contributed by atoms with E-state index in [0.717, 1.165) is 11.5 Å².